The Hall–Kier alpha value is -1.39. The first-order valence-electron chi connectivity index (χ1n) is 7.78. The van der Waals surface area contributed by atoms with E-state index in [-0.39, 0.29) is 17.5 Å². The van der Waals surface area contributed by atoms with Gasteiger partial charge in [-0.15, -0.1) is 0 Å². The van der Waals surface area contributed by atoms with E-state index in [1.54, 1.807) is 0 Å². The number of nitrogens with zero attached hydrogens (tertiary/aromatic N) is 1. The average molecular weight is 289 g/mol. The molecule has 1 atom stereocenters. The summed E-state index contributed by atoms with van der Waals surface area (Å²) in [7, 11) is 2.02. The molecule has 1 heterocycles. The summed E-state index contributed by atoms with van der Waals surface area (Å²) in [6.07, 6.45) is 2.18. The molecule has 0 saturated carbocycles. The van der Waals surface area contributed by atoms with Gasteiger partial charge in [-0.25, -0.2) is 0 Å². The third-order valence-electron chi connectivity index (χ3n) is 4.61. The van der Waals surface area contributed by atoms with Crippen molar-refractivity contribution in [1.29, 1.82) is 0 Å². The fraction of sp³-hybridized carbons (Fsp3) is 0.588. The highest BCUT2D eigenvalue weighted by molar-refractivity contribution is 5.78. The molecule has 2 N–H and O–H groups in total. The van der Waals surface area contributed by atoms with E-state index in [1.165, 1.54) is 0 Å². The maximum atomic E-state index is 12.2. The van der Waals surface area contributed by atoms with Crippen molar-refractivity contribution in [3.63, 3.8) is 0 Å². The molecule has 0 aliphatic carbocycles. The molecule has 21 heavy (non-hydrogen) atoms. The molecule has 0 radical (unpaired) electrons. The van der Waals surface area contributed by atoms with Crippen molar-refractivity contribution < 1.29 is 4.79 Å². The van der Waals surface area contributed by atoms with Crippen LogP contribution < -0.4 is 10.6 Å². The normalized spacial score (nSPS) is 20.0. The predicted molar refractivity (Wildman–Crippen MR) is 86.1 cm³/mol. The molecule has 1 aromatic rings. The first-order valence-corrected chi connectivity index (χ1v) is 7.78. The van der Waals surface area contributed by atoms with Crippen LogP contribution >= 0.6 is 0 Å². The molecule has 0 spiro atoms. The Labute approximate surface area is 127 Å². The highest BCUT2D eigenvalue weighted by Crippen LogP contribution is 2.20. The molecule has 1 aromatic carbocycles. The zero-order chi connectivity index (χ0) is 15.3. The molecule has 116 valence electrons. The Bertz CT molecular complexity index is 452. The van der Waals surface area contributed by atoms with Gasteiger partial charge >= 0.3 is 0 Å². The van der Waals surface area contributed by atoms with Gasteiger partial charge in [0.2, 0.25) is 5.91 Å². The van der Waals surface area contributed by atoms with Gasteiger partial charge in [-0.05, 0) is 39.3 Å². The fourth-order valence-corrected chi connectivity index (χ4v) is 2.77. The monoisotopic (exact) mass is 289 g/mol. The molecule has 1 aliphatic heterocycles. The summed E-state index contributed by atoms with van der Waals surface area (Å²) < 4.78 is 0. The summed E-state index contributed by atoms with van der Waals surface area (Å²) in [6.45, 7) is 6.73. The third kappa shape index (κ3) is 4.55. The number of piperidine rings is 1. The van der Waals surface area contributed by atoms with E-state index in [4.69, 9.17) is 0 Å². The lowest BCUT2D eigenvalue weighted by molar-refractivity contribution is -0.123. The van der Waals surface area contributed by atoms with Crippen molar-refractivity contribution >= 4 is 5.91 Å². The Morgan fingerprint density at radius 3 is 2.48 bits per heavy atom. The summed E-state index contributed by atoms with van der Waals surface area (Å²) in [6, 6.07) is 10.1. The first kappa shape index (κ1) is 16.0. The van der Waals surface area contributed by atoms with Crippen LogP contribution in [0.2, 0.25) is 0 Å². The number of likely N-dealkylation sites (tertiary alicyclic amines) is 1. The van der Waals surface area contributed by atoms with Gasteiger partial charge in [-0.1, -0.05) is 30.3 Å². The number of hydrogen-bond donors (Lipinski definition) is 2. The Morgan fingerprint density at radius 2 is 1.90 bits per heavy atom. The third-order valence-corrected chi connectivity index (χ3v) is 4.61. The van der Waals surface area contributed by atoms with Crippen molar-refractivity contribution in [3.8, 4) is 0 Å². The molecule has 0 aromatic heterocycles. The van der Waals surface area contributed by atoms with Crippen LogP contribution in [0.25, 0.3) is 0 Å². The lowest BCUT2D eigenvalue weighted by Crippen LogP contribution is -2.51. The van der Waals surface area contributed by atoms with Gasteiger partial charge in [0.05, 0.1) is 12.6 Å². The van der Waals surface area contributed by atoms with Crippen LogP contribution in [-0.2, 0) is 4.79 Å². The Kier molecular flexibility index (Phi) is 5.37. The molecule has 1 fully saturated rings. The minimum Gasteiger partial charge on any atom is -0.348 e. The van der Waals surface area contributed by atoms with E-state index in [0.717, 1.165) is 31.5 Å². The van der Waals surface area contributed by atoms with E-state index in [2.05, 4.69) is 22.5 Å². The molecule has 1 amide bonds. The van der Waals surface area contributed by atoms with E-state index in [0.29, 0.717) is 6.54 Å². The van der Waals surface area contributed by atoms with Crippen molar-refractivity contribution in [2.24, 2.45) is 0 Å². The SMILES string of the molecule is CNC1(C)CCN(CC(=O)NC(C)c2ccccc2)CC1. The quantitative estimate of drug-likeness (QED) is 0.870. The fourth-order valence-electron chi connectivity index (χ4n) is 2.77. The van der Waals surface area contributed by atoms with E-state index in [9.17, 15) is 4.79 Å². The van der Waals surface area contributed by atoms with Crippen LogP contribution in [0, 0.1) is 0 Å². The molecule has 4 nitrogen and oxygen atoms in total. The minimum atomic E-state index is 0.0612. The Morgan fingerprint density at radius 1 is 1.29 bits per heavy atom. The zero-order valence-corrected chi connectivity index (χ0v) is 13.4. The molecule has 1 unspecified atom stereocenters. The number of carbonyl (C=O) groups excluding carboxylic acids is 1. The zero-order valence-electron chi connectivity index (χ0n) is 13.4. The molecule has 1 aliphatic rings. The highest BCUT2D eigenvalue weighted by Gasteiger charge is 2.28. The number of hydrogen-bond acceptors (Lipinski definition) is 3. The standard InChI is InChI=1S/C17H27N3O/c1-14(15-7-5-4-6-8-15)19-16(21)13-20-11-9-17(2,18-3)10-12-20/h4-8,14,18H,9-13H2,1-3H3,(H,19,21). The molecular weight excluding hydrogens is 262 g/mol. The molecule has 1 saturated heterocycles. The second kappa shape index (κ2) is 7.05. The van der Waals surface area contributed by atoms with Crippen LogP contribution in [0.1, 0.15) is 38.3 Å². The number of benzene rings is 1. The molecule has 0 bridgehead atoms. The van der Waals surface area contributed by atoms with Crippen LogP contribution in [0.15, 0.2) is 30.3 Å². The summed E-state index contributed by atoms with van der Waals surface area (Å²) in [5.41, 5.74) is 1.37. The van der Waals surface area contributed by atoms with Gasteiger partial charge < -0.3 is 10.6 Å². The van der Waals surface area contributed by atoms with Gasteiger partial charge in [0.25, 0.3) is 0 Å². The first-order chi connectivity index (χ1) is 10.0. The summed E-state index contributed by atoms with van der Waals surface area (Å²) in [5, 5.41) is 6.46. The Balaban J connectivity index is 1.78. The van der Waals surface area contributed by atoms with E-state index in [1.807, 2.05) is 44.3 Å². The van der Waals surface area contributed by atoms with Crippen LogP contribution in [0.4, 0.5) is 0 Å². The second-order valence-corrected chi connectivity index (χ2v) is 6.29. The smallest absolute Gasteiger partial charge is 0.234 e. The van der Waals surface area contributed by atoms with Gasteiger partial charge in [0.15, 0.2) is 0 Å². The van der Waals surface area contributed by atoms with Crippen molar-refractivity contribution in [1.82, 2.24) is 15.5 Å². The highest BCUT2D eigenvalue weighted by atomic mass is 16.2. The van der Waals surface area contributed by atoms with Crippen LogP contribution in [-0.4, -0.2) is 43.0 Å². The number of rotatable bonds is 5. The summed E-state index contributed by atoms with van der Waals surface area (Å²) >= 11 is 0. The van der Waals surface area contributed by atoms with Crippen LogP contribution in [0.5, 0.6) is 0 Å². The van der Waals surface area contributed by atoms with Crippen molar-refractivity contribution in [2.45, 2.75) is 38.3 Å². The maximum Gasteiger partial charge on any atom is 0.234 e. The number of nitrogens with one attached hydrogen (secondary N) is 2. The lowest BCUT2D eigenvalue weighted by atomic mass is 9.90. The topological polar surface area (TPSA) is 44.4 Å². The van der Waals surface area contributed by atoms with Crippen molar-refractivity contribution in [3.05, 3.63) is 35.9 Å². The van der Waals surface area contributed by atoms with Crippen LogP contribution in [0.3, 0.4) is 0 Å². The predicted octanol–water partition coefficient (Wildman–Crippen LogP) is 1.94. The van der Waals surface area contributed by atoms with Gasteiger partial charge in [-0.2, -0.15) is 0 Å². The number of carbonyl (C=O) groups is 1. The molecule has 4 heteroatoms. The second-order valence-electron chi connectivity index (χ2n) is 6.29. The number of amides is 1. The molecular formula is C17H27N3O. The molecule has 2 rings (SSSR count). The maximum absolute atomic E-state index is 12.2. The van der Waals surface area contributed by atoms with Gasteiger partial charge in [-0.3, -0.25) is 9.69 Å². The minimum absolute atomic E-state index is 0.0612. The van der Waals surface area contributed by atoms with Gasteiger partial charge in [0.1, 0.15) is 0 Å². The average Bonchev–Trinajstić information content (AvgIpc) is 2.50. The van der Waals surface area contributed by atoms with E-state index >= 15 is 0 Å². The van der Waals surface area contributed by atoms with Gasteiger partial charge in [0, 0.05) is 18.6 Å². The largest absolute Gasteiger partial charge is 0.348 e. The lowest BCUT2D eigenvalue weighted by Gasteiger charge is -2.39. The summed E-state index contributed by atoms with van der Waals surface area (Å²) in [5.74, 6) is 0.111. The van der Waals surface area contributed by atoms with Crippen molar-refractivity contribution in [2.75, 3.05) is 26.7 Å². The summed E-state index contributed by atoms with van der Waals surface area (Å²) in [4.78, 5) is 14.4. The van der Waals surface area contributed by atoms with E-state index < -0.39 is 0 Å².